The molecule has 1 aliphatic heterocycles. The number of hydrogen-bond acceptors (Lipinski definition) is 5. The molecule has 0 aliphatic carbocycles. The van der Waals surface area contributed by atoms with E-state index in [4.69, 9.17) is 9.51 Å². The number of imidazole rings is 1. The maximum atomic E-state index is 12.4. The second-order valence-corrected chi connectivity index (χ2v) is 6.80. The lowest BCUT2D eigenvalue weighted by Gasteiger charge is -2.31. The number of aryl methyl sites for hydroxylation is 1. The summed E-state index contributed by atoms with van der Waals surface area (Å²) < 4.78 is 7.27. The Bertz CT molecular complexity index is 746. The Morgan fingerprint density at radius 3 is 2.75 bits per heavy atom. The summed E-state index contributed by atoms with van der Waals surface area (Å²) in [6.45, 7) is 9.58. The first-order valence-electron chi connectivity index (χ1n) is 8.39. The molecule has 3 rings (SSSR count). The number of nitrogens with zero attached hydrogens (tertiary/aromatic N) is 4. The van der Waals surface area contributed by atoms with Crippen LogP contribution < -0.4 is 5.32 Å². The molecule has 1 N–H and O–H groups in total. The van der Waals surface area contributed by atoms with Crippen LogP contribution in [0.2, 0.25) is 0 Å². The average molecular weight is 331 g/mol. The van der Waals surface area contributed by atoms with Crippen LogP contribution in [-0.4, -0.2) is 38.1 Å². The van der Waals surface area contributed by atoms with E-state index in [1.54, 1.807) is 6.07 Å². The van der Waals surface area contributed by atoms with Gasteiger partial charge in [0.1, 0.15) is 5.82 Å². The lowest BCUT2D eigenvalue weighted by molar-refractivity contribution is -0.121. The fraction of sp³-hybridized carbons (Fsp3) is 0.588. The van der Waals surface area contributed by atoms with Crippen molar-refractivity contribution in [2.24, 2.45) is 7.05 Å². The number of carbonyl (C=O) groups excluding carboxylic acids is 1. The molecule has 2 aromatic rings. The van der Waals surface area contributed by atoms with Crippen LogP contribution >= 0.6 is 0 Å². The van der Waals surface area contributed by atoms with Crippen molar-refractivity contribution in [3.8, 4) is 0 Å². The van der Waals surface area contributed by atoms with E-state index in [1.165, 1.54) is 5.69 Å². The van der Waals surface area contributed by atoms with E-state index in [-0.39, 0.29) is 11.9 Å². The molecule has 1 atom stereocenters. The minimum absolute atomic E-state index is 0.0883. The van der Waals surface area contributed by atoms with Crippen LogP contribution in [0.25, 0.3) is 0 Å². The van der Waals surface area contributed by atoms with E-state index < -0.39 is 0 Å². The largest absolute Gasteiger partial charge is 0.338 e. The SMILES string of the molecule is Cc1cc(NC(=O)[C@@H](C)N2CCc3c(nc(C(C)C)n3C)C2)on1. The smallest absolute Gasteiger partial charge is 0.243 e. The van der Waals surface area contributed by atoms with Gasteiger partial charge in [0.25, 0.3) is 0 Å². The first-order chi connectivity index (χ1) is 11.4. The van der Waals surface area contributed by atoms with Crippen molar-refractivity contribution < 1.29 is 9.32 Å². The maximum absolute atomic E-state index is 12.4. The van der Waals surface area contributed by atoms with E-state index in [1.807, 2.05) is 13.8 Å². The third kappa shape index (κ3) is 3.08. The van der Waals surface area contributed by atoms with Crippen LogP contribution in [0.3, 0.4) is 0 Å². The third-order valence-electron chi connectivity index (χ3n) is 4.64. The molecular formula is C17H25N5O2. The molecule has 0 aromatic carbocycles. The topological polar surface area (TPSA) is 76.2 Å². The van der Waals surface area contributed by atoms with Crippen molar-refractivity contribution in [3.05, 3.63) is 29.0 Å². The monoisotopic (exact) mass is 331 g/mol. The van der Waals surface area contributed by atoms with Crippen molar-refractivity contribution in [1.29, 1.82) is 0 Å². The van der Waals surface area contributed by atoms with Crippen LogP contribution in [0.1, 0.15) is 49.6 Å². The van der Waals surface area contributed by atoms with Crippen LogP contribution in [0.5, 0.6) is 0 Å². The molecule has 1 amide bonds. The van der Waals surface area contributed by atoms with E-state index in [0.717, 1.165) is 30.2 Å². The van der Waals surface area contributed by atoms with E-state index in [2.05, 4.69) is 40.8 Å². The summed E-state index contributed by atoms with van der Waals surface area (Å²) in [7, 11) is 2.08. The Hall–Kier alpha value is -2.15. The van der Waals surface area contributed by atoms with Gasteiger partial charge in [-0.2, -0.15) is 0 Å². The summed E-state index contributed by atoms with van der Waals surface area (Å²) in [5.74, 6) is 1.80. The Labute approximate surface area is 142 Å². The normalized spacial score (nSPS) is 16.2. The molecule has 24 heavy (non-hydrogen) atoms. The predicted molar refractivity (Wildman–Crippen MR) is 90.7 cm³/mol. The van der Waals surface area contributed by atoms with Gasteiger partial charge in [0.15, 0.2) is 0 Å². The van der Waals surface area contributed by atoms with E-state index in [0.29, 0.717) is 18.3 Å². The van der Waals surface area contributed by atoms with Crippen molar-refractivity contribution in [3.63, 3.8) is 0 Å². The molecule has 0 saturated carbocycles. The number of carbonyl (C=O) groups is 1. The molecule has 0 bridgehead atoms. The average Bonchev–Trinajstić information content (AvgIpc) is 3.09. The molecule has 130 valence electrons. The summed E-state index contributed by atoms with van der Waals surface area (Å²) >= 11 is 0. The van der Waals surface area contributed by atoms with Gasteiger partial charge in [-0.3, -0.25) is 15.0 Å². The highest BCUT2D eigenvalue weighted by molar-refractivity contribution is 5.93. The third-order valence-corrected chi connectivity index (χ3v) is 4.64. The molecule has 2 aromatic heterocycles. The van der Waals surface area contributed by atoms with Crippen LogP contribution in [0.15, 0.2) is 10.6 Å². The minimum Gasteiger partial charge on any atom is -0.338 e. The standard InChI is InChI=1S/C17H25N5O2/c1-10(2)16-18-13-9-22(7-6-14(13)21(16)5)12(4)17(23)19-15-8-11(3)20-24-15/h8,10,12H,6-7,9H2,1-5H3,(H,19,23)/t12-/m1/s1. The zero-order valence-corrected chi connectivity index (χ0v) is 15.0. The van der Waals surface area contributed by atoms with Crippen molar-refractivity contribution >= 4 is 11.8 Å². The summed E-state index contributed by atoms with van der Waals surface area (Å²) in [5.41, 5.74) is 3.12. The highest BCUT2D eigenvalue weighted by Gasteiger charge is 2.29. The Balaban J connectivity index is 1.70. The molecular weight excluding hydrogens is 306 g/mol. The van der Waals surface area contributed by atoms with Gasteiger partial charge < -0.3 is 9.09 Å². The predicted octanol–water partition coefficient (Wildman–Crippen LogP) is 2.23. The van der Waals surface area contributed by atoms with Crippen LogP contribution in [0, 0.1) is 6.92 Å². The summed E-state index contributed by atoms with van der Waals surface area (Å²) in [5, 5.41) is 6.57. The second kappa shape index (κ2) is 6.39. The Kier molecular flexibility index (Phi) is 4.45. The quantitative estimate of drug-likeness (QED) is 0.930. The van der Waals surface area contributed by atoms with Gasteiger partial charge in [-0.25, -0.2) is 4.98 Å². The number of anilines is 1. The molecule has 0 spiro atoms. The number of amides is 1. The summed E-state index contributed by atoms with van der Waals surface area (Å²) in [6, 6.07) is 1.46. The number of fused-ring (bicyclic) bond motifs is 1. The van der Waals surface area contributed by atoms with Gasteiger partial charge in [0, 0.05) is 44.2 Å². The molecule has 3 heterocycles. The van der Waals surface area contributed by atoms with Crippen LogP contribution in [0.4, 0.5) is 5.88 Å². The molecule has 1 aliphatic rings. The number of aromatic nitrogens is 3. The lowest BCUT2D eigenvalue weighted by Crippen LogP contribution is -2.44. The second-order valence-electron chi connectivity index (χ2n) is 6.80. The highest BCUT2D eigenvalue weighted by atomic mass is 16.5. The van der Waals surface area contributed by atoms with Crippen molar-refractivity contribution in [2.75, 3.05) is 11.9 Å². The Morgan fingerprint density at radius 2 is 2.12 bits per heavy atom. The number of nitrogens with one attached hydrogen (secondary N) is 1. The molecule has 0 radical (unpaired) electrons. The molecule has 0 fully saturated rings. The molecule has 0 saturated heterocycles. The molecule has 7 nitrogen and oxygen atoms in total. The highest BCUT2D eigenvalue weighted by Crippen LogP contribution is 2.24. The first kappa shape index (κ1) is 16.7. The van der Waals surface area contributed by atoms with Gasteiger partial charge >= 0.3 is 0 Å². The van der Waals surface area contributed by atoms with Gasteiger partial charge in [0.2, 0.25) is 11.8 Å². The molecule has 7 heteroatoms. The van der Waals surface area contributed by atoms with Gasteiger partial charge in [-0.05, 0) is 13.8 Å². The van der Waals surface area contributed by atoms with Crippen molar-refractivity contribution in [2.45, 2.75) is 52.6 Å². The van der Waals surface area contributed by atoms with Gasteiger partial charge in [0.05, 0.1) is 17.4 Å². The zero-order chi connectivity index (χ0) is 17.4. The first-order valence-corrected chi connectivity index (χ1v) is 8.39. The number of hydrogen-bond donors (Lipinski definition) is 1. The van der Waals surface area contributed by atoms with Gasteiger partial charge in [-0.15, -0.1) is 0 Å². The lowest BCUT2D eigenvalue weighted by atomic mass is 10.1. The zero-order valence-electron chi connectivity index (χ0n) is 15.0. The minimum atomic E-state index is -0.256. The van der Waals surface area contributed by atoms with Gasteiger partial charge in [-0.1, -0.05) is 19.0 Å². The summed E-state index contributed by atoms with van der Waals surface area (Å²) in [6.07, 6.45) is 0.907. The fourth-order valence-corrected chi connectivity index (χ4v) is 3.23. The van der Waals surface area contributed by atoms with Crippen molar-refractivity contribution in [1.82, 2.24) is 19.6 Å². The summed E-state index contributed by atoms with van der Waals surface area (Å²) in [4.78, 5) is 19.4. The van der Waals surface area contributed by atoms with E-state index in [9.17, 15) is 4.79 Å². The Morgan fingerprint density at radius 1 is 1.38 bits per heavy atom. The van der Waals surface area contributed by atoms with Crippen LogP contribution in [-0.2, 0) is 24.8 Å². The number of rotatable bonds is 4. The fourth-order valence-electron chi connectivity index (χ4n) is 3.23. The maximum Gasteiger partial charge on any atom is 0.243 e. The van der Waals surface area contributed by atoms with E-state index >= 15 is 0 Å². The molecule has 0 unspecified atom stereocenters.